The molecule has 2 heterocycles. The number of hydrogen-bond acceptors (Lipinski definition) is 5. The number of benzene rings is 1. The molecule has 0 saturated carbocycles. The zero-order valence-corrected chi connectivity index (χ0v) is 20.3. The molecule has 0 bridgehead atoms. The van der Waals surface area contributed by atoms with Crippen molar-refractivity contribution < 1.29 is 0 Å². The average Bonchev–Trinajstić information content (AvgIpc) is 2.79. The fourth-order valence-corrected chi connectivity index (χ4v) is 3.42. The largest absolute Gasteiger partial charge is 0.357 e. The third-order valence-corrected chi connectivity index (χ3v) is 5.16. The lowest BCUT2D eigenvalue weighted by Crippen LogP contribution is -2.49. The highest BCUT2D eigenvalue weighted by atomic mass is 127. The summed E-state index contributed by atoms with van der Waals surface area (Å²) < 4.78 is 0. The molecule has 2 aromatic rings. The maximum Gasteiger partial charge on any atom is 0.225 e. The number of anilines is 1. The molecule has 1 fully saturated rings. The molecule has 1 saturated heterocycles. The first-order chi connectivity index (χ1) is 14.3. The second-order valence-corrected chi connectivity index (χ2v) is 7.34. The number of aliphatic imine (C=N–C) groups is 1. The summed E-state index contributed by atoms with van der Waals surface area (Å²) >= 11 is 0. The lowest BCUT2D eigenvalue weighted by Gasteiger charge is -2.34. The highest BCUT2D eigenvalue weighted by Gasteiger charge is 2.18. The Morgan fingerprint density at radius 1 is 1.03 bits per heavy atom. The number of piperazine rings is 1. The summed E-state index contributed by atoms with van der Waals surface area (Å²) in [6, 6.07) is 12.4. The van der Waals surface area contributed by atoms with E-state index in [1.54, 1.807) is 12.4 Å². The van der Waals surface area contributed by atoms with Gasteiger partial charge in [-0.3, -0.25) is 9.89 Å². The van der Waals surface area contributed by atoms with Gasteiger partial charge in [-0.15, -0.1) is 24.0 Å². The zero-order valence-electron chi connectivity index (χ0n) is 18.0. The van der Waals surface area contributed by atoms with Gasteiger partial charge in [0, 0.05) is 70.7 Å². The molecule has 1 aromatic heterocycles. The Kier molecular flexibility index (Phi) is 10.9. The SMILES string of the molecule is CCNC(=NCC(C)c1ccccc1)NCCN1CCN(c2ncccn2)CC1.I. The number of guanidine groups is 1. The minimum absolute atomic E-state index is 0. The fraction of sp³-hybridized carbons (Fsp3) is 0.500. The van der Waals surface area contributed by atoms with Crippen molar-refractivity contribution in [2.24, 2.45) is 4.99 Å². The van der Waals surface area contributed by atoms with Crippen molar-refractivity contribution in [1.82, 2.24) is 25.5 Å². The maximum atomic E-state index is 4.78. The summed E-state index contributed by atoms with van der Waals surface area (Å²) in [5, 5.41) is 6.83. The van der Waals surface area contributed by atoms with Crippen LogP contribution in [0.5, 0.6) is 0 Å². The van der Waals surface area contributed by atoms with E-state index >= 15 is 0 Å². The van der Waals surface area contributed by atoms with Gasteiger partial charge in [0.25, 0.3) is 0 Å². The van der Waals surface area contributed by atoms with Crippen molar-refractivity contribution in [2.45, 2.75) is 19.8 Å². The fourth-order valence-electron chi connectivity index (χ4n) is 3.42. The van der Waals surface area contributed by atoms with Gasteiger partial charge < -0.3 is 15.5 Å². The standard InChI is InChI=1S/C22H33N7.HI/c1-3-23-21(27-18-19(2)20-8-5-4-6-9-20)24-12-13-28-14-16-29(17-15-28)22-25-10-7-11-26-22;/h4-11,19H,3,12-18H2,1-2H3,(H2,23,24,27);1H. The van der Waals surface area contributed by atoms with Crippen molar-refractivity contribution in [3.63, 3.8) is 0 Å². The smallest absolute Gasteiger partial charge is 0.225 e. The Morgan fingerprint density at radius 2 is 1.73 bits per heavy atom. The zero-order chi connectivity index (χ0) is 20.3. The van der Waals surface area contributed by atoms with Crippen LogP contribution in [0.15, 0.2) is 53.8 Å². The molecular weight excluding hydrogens is 489 g/mol. The van der Waals surface area contributed by atoms with E-state index in [4.69, 9.17) is 4.99 Å². The molecule has 1 unspecified atom stereocenters. The van der Waals surface area contributed by atoms with Crippen molar-refractivity contribution in [3.05, 3.63) is 54.4 Å². The monoisotopic (exact) mass is 523 g/mol. The topological polar surface area (TPSA) is 68.7 Å². The van der Waals surface area contributed by atoms with Gasteiger partial charge in [-0.2, -0.15) is 0 Å². The molecule has 1 aliphatic heterocycles. The Hall–Kier alpha value is -1.94. The van der Waals surface area contributed by atoms with Crippen LogP contribution in [0, 0.1) is 0 Å². The van der Waals surface area contributed by atoms with E-state index in [-0.39, 0.29) is 24.0 Å². The van der Waals surface area contributed by atoms with Gasteiger partial charge in [0.15, 0.2) is 5.96 Å². The van der Waals surface area contributed by atoms with Crippen LogP contribution < -0.4 is 15.5 Å². The van der Waals surface area contributed by atoms with Gasteiger partial charge in [-0.1, -0.05) is 37.3 Å². The quantitative estimate of drug-likeness (QED) is 0.315. The van der Waals surface area contributed by atoms with E-state index in [1.807, 2.05) is 6.07 Å². The average molecular weight is 523 g/mol. The lowest BCUT2D eigenvalue weighted by molar-refractivity contribution is 0.260. The van der Waals surface area contributed by atoms with Gasteiger partial charge in [0.05, 0.1) is 0 Å². The summed E-state index contributed by atoms with van der Waals surface area (Å²) in [4.78, 5) is 18.2. The first-order valence-electron chi connectivity index (χ1n) is 10.6. The van der Waals surface area contributed by atoms with Crippen LogP contribution in [0.3, 0.4) is 0 Å². The summed E-state index contributed by atoms with van der Waals surface area (Å²) in [6.45, 7) is 11.8. The number of nitrogens with zero attached hydrogens (tertiary/aromatic N) is 5. The number of rotatable bonds is 8. The maximum absolute atomic E-state index is 4.78. The highest BCUT2D eigenvalue weighted by Crippen LogP contribution is 2.14. The van der Waals surface area contributed by atoms with Gasteiger partial charge in [0.1, 0.15) is 0 Å². The van der Waals surface area contributed by atoms with E-state index in [2.05, 4.69) is 74.6 Å². The predicted molar refractivity (Wildman–Crippen MR) is 135 cm³/mol. The molecule has 8 heteroatoms. The van der Waals surface area contributed by atoms with E-state index < -0.39 is 0 Å². The van der Waals surface area contributed by atoms with Crippen LogP contribution in [0.25, 0.3) is 0 Å². The number of halogens is 1. The summed E-state index contributed by atoms with van der Waals surface area (Å²) in [6.07, 6.45) is 3.61. The number of hydrogen-bond donors (Lipinski definition) is 2. The summed E-state index contributed by atoms with van der Waals surface area (Å²) in [5.74, 6) is 2.13. The van der Waals surface area contributed by atoms with Crippen molar-refractivity contribution in [3.8, 4) is 0 Å². The first-order valence-corrected chi connectivity index (χ1v) is 10.6. The lowest BCUT2D eigenvalue weighted by atomic mass is 10.0. The molecule has 7 nitrogen and oxygen atoms in total. The van der Waals surface area contributed by atoms with Crippen LogP contribution in [0.2, 0.25) is 0 Å². The van der Waals surface area contributed by atoms with Crippen LogP contribution in [0.4, 0.5) is 5.95 Å². The van der Waals surface area contributed by atoms with Crippen molar-refractivity contribution in [2.75, 3.05) is 57.3 Å². The number of nitrogens with one attached hydrogen (secondary N) is 2. The third kappa shape index (κ3) is 7.71. The molecule has 0 aliphatic carbocycles. The van der Waals surface area contributed by atoms with E-state index in [0.717, 1.165) is 64.3 Å². The molecule has 0 spiro atoms. The van der Waals surface area contributed by atoms with E-state index in [9.17, 15) is 0 Å². The minimum atomic E-state index is 0. The molecule has 1 aliphatic rings. The van der Waals surface area contributed by atoms with Crippen LogP contribution in [-0.4, -0.2) is 73.2 Å². The second-order valence-electron chi connectivity index (χ2n) is 7.34. The van der Waals surface area contributed by atoms with Crippen LogP contribution >= 0.6 is 24.0 Å². The van der Waals surface area contributed by atoms with Crippen molar-refractivity contribution in [1.29, 1.82) is 0 Å². The van der Waals surface area contributed by atoms with E-state index in [0.29, 0.717) is 5.92 Å². The first kappa shape index (κ1) is 24.3. The Bertz CT molecular complexity index is 734. The van der Waals surface area contributed by atoms with Gasteiger partial charge in [-0.25, -0.2) is 9.97 Å². The van der Waals surface area contributed by atoms with Crippen molar-refractivity contribution >= 4 is 35.9 Å². The molecule has 1 aromatic carbocycles. The highest BCUT2D eigenvalue weighted by molar-refractivity contribution is 14.0. The van der Waals surface area contributed by atoms with Gasteiger partial charge in [-0.05, 0) is 18.6 Å². The Labute approximate surface area is 197 Å². The van der Waals surface area contributed by atoms with Gasteiger partial charge in [0.2, 0.25) is 5.95 Å². The van der Waals surface area contributed by atoms with Crippen LogP contribution in [-0.2, 0) is 0 Å². The third-order valence-electron chi connectivity index (χ3n) is 5.16. The second kappa shape index (κ2) is 13.4. The Balaban J connectivity index is 0.00000320. The molecule has 0 amide bonds. The normalized spacial score (nSPS) is 15.9. The summed E-state index contributed by atoms with van der Waals surface area (Å²) in [7, 11) is 0. The van der Waals surface area contributed by atoms with Crippen LogP contribution in [0.1, 0.15) is 25.3 Å². The molecular formula is C22H34IN7. The minimum Gasteiger partial charge on any atom is -0.357 e. The van der Waals surface area contributed by atoms with E-state index in [1.165, 1.54) is 5.56 Å². The molecule has 30 heavy (non-hydrogen) atoms. The Morgan fingerprint density at radius 3 is 2.40 bits per heavy atom. The molecule has 3 rings (SSSR count). The predicted octanol–water partition coefficient (Wildman–Crippen LogP) is 2.58. The molecule has 0 radical (unpaired) electrons. The van der Waals surface area contributed by atoms with Gasteiger partial charge >= 0.3 is 0 Å². The summed E-state index contributed by atoms with van der Waals surface area (Å²) in [5.41, 5.74) is 1.33. The molecule has 2 N–H and O–H groups in total. The molecule has 164 valence electrons. The molecule has 1 atom stereocenters. The number of aromatic nitrogens is 2.